The number of nitrogens with zero attached hydrogens (tertiary/aromatic N) is 3. The number of nitrogens with one attached hydrogen (secondary N) is 1. The summed E-state index contributed by atoms with van der Waals surface area (Å²) in [6, 6.07) is 7.28. The molecule has 1 N–H and O–H groups in total. The van der Waals surface area contributed by atoms with Gasteiger partial charge in [-0.25, -0.2) is 4.98 Å². The number of halogens is 1. The highest BCUT2D eigenvalue weighted by molar-refractivity contribution is 6.29. The Bertz CT molecular complexity index is 681. The van der Waals surface area contributed by atoms with Gasteiger partial charge in [-0.1, -0.05) is 52.3 Å². The molecule has 2 aromatic rings. The van der Waals surface area contributed by atoms with Crippen LogP contribution in [0.2, 0.25) is 5.15 Å². The molecule has 0 saturated heterocycles. The van der Waals surface area contributed by atoms with Gasteiger partial charge < -0.3 is 5.32 Å². The fourth-order valence-electron chi connectivity index (χ4n) is 1.78. The molecular formula is C17H23ClN4O. The lowest BCUT2D eigenvalue weighted by Gasteiger charge is -2.18. The average Bonchev–Trinajstić information content (AvgIpc) is 2.48. The predicted molar refractivity (Wildman–Crippen MR) is 94.6 cm³/mol. The third-order valence-electron chi connectivity index (χ3n) is 2.88. The molecule has 0 aromatic carbocycles. The SMILES string of the molecule is CC.CC(=O)c1nnc(Cl)cc1Nc1cccc(C(C)(C)C)n1. The van der Waals surface area contributed by atoms with Crippen LogP contribution in [0.4, 0.5) is 11.5 Å². The maximum atomic E-state index is 11.6. The largest absolute Gasteiger partial charge is 0.338 e. The van der Waals surface area contributed by atoms with Crippen molar-refractivity contribution in [2.75, 3.05) is 5.32 Å². The van der Waals surface area contributed by atoms with E-state index in [0.717, 1.165) is 5.69 Å². The summed E-state index contributed by atoms with van der Waals surface area (Å²) in [5, 5.41) is 10.8. The summed E-state index contributed by atoms with van der Waals surface area (Å²) in [5.41, 5.74) is 1.63. The van der Waals surface area contributed by atoms with E-state index in [9.17, 15) is 4.79 Å². The van der Waals surface area contributed by atoms with Gasteiger partial charge in [0.15, 0.2) is 16.6 Å². The minimum Gasteiger partial charge on any atom is -0.338 e. The molecule has 0 amide bonds. The smallest absolute Gasteiger partial charge is 0.182 e. The fourth-order valence-corrected chi connectivity index (χ4v) is 1.93. The number of aromatic nitrogens is 3. The Hall–Kier alpha value is -2.01. The quantitative estimate of drug-likeness (QED) is 0.817. The van der Waals surface area contributed by atoms with Gasteiger partial charge >= 0.3 is 0 Å². The second-order valence-corrected chi connectivity index (χ2v) is 6.16. The molecule has 0 unspecified atom stereocenters. The fraction of sp³-hybridized carbons (Fsp3) is 0.412. The second-order valence-electron chi connectivity index (χ2n) is 5.77. The van der Waals surface area contributed by atoms with Crippen LogP contribution in [0.15, 0.2) is 24.3 Å². The van der Waals surface area contributed by atoms with Gasteiger partial charge in [0, 0.05) is 24.1 Å². The zero-order valence-electron chi connectivity index (χ0n) is 14.4. The van der Waals surface area contributed by atoms with Crippen molar-refractivity contribution in [3.63, 3.8) is 0 Å². The number of Topliss-reactive ketones (excluding diaryl/α,β-unsaturated/α-hetero) is 1. The number of anilines is 2. The molecular weight excluding hydrogens is 312 g/mol. The van der Waals surface area contributed by atoms with E-state index in [-0.39, 0.29) is 22.0 Å². The molecule has 0 aliphatic heterocycles. The molecule has 0 spiro atoms. The van der Waals surface area contributed by atoms with Crippen LogP contribution in [0.25, 0.3) is 0 Å². The predicted octanol–water partition coefficient (Wildman–Crippen LogP) is 4.79. The van der Waals surface area contributed by atoms with Crippen molar-refractivity contribution in [2.45, 2.75) is 47.0 Å². The van der Waals surface area contributed by atoms with Crippen molar-refractivity contribution in [2.24, 2.45) is 0 Å². The summed E-state index contributed by atoms with van der Waals surface area (Å²) >= 11 is 5.85. The standard InChI is InChI=1S/C15H17ClN4O.C2H6/c1-9(21)14-10(8-12(16)19-20-14)17-13-7-5-6-11(18-13)15(2,3)4;1-2/h5-8H,1-4H3,(H,17,18,19);1-2H3. The number of rotatable bonds is 3. The first-order valence-electron chi connectivity index (χ1n) is 7.56. The molecule has 2 rings (SSSR count). The number of hydrogen-bond donors (Lipinski definition) is 1. The number of carbonyl (C=O) groups is 1. The van der Waals surface area contributed by atoms with E-state index in [1.165, 1.54) is 6.92 Å². The maximum absolute atomic E-state index is 11.6. The van der Waals surface area contributed by atoms with E-state index in [1.54, 1.807) is 6.07 Å². The summed E-state index contributed by atoms with van der Waals surface area (Å²) in [6.45, 7) is 11.7. The van der Waals surface area contributed by atoms with Crippen molar-refractivity contribution < 1.29 is 4.79 Å². The number of pyridine rings is 1. The van der Waals surface area contributed by atoms with Crippen LogP contribution in [0.5, 0.6) is 0 Å². The Balaban J connectivity index is 0.00000127. The summed E-state index contributed by atoms with van der Waals surface area (Å²) < 4.78 is 0. The summed E-state index contributed by atoms with van der Waals surface area (Å²) in [6.07, 6.45) is 0. The van der Waals surface area contributed by atoms with Crippen LogP contribution in [0.3, 0.4) is 0 Å². The highest BCUT2D eigenvalue weighted by atomic mass is 35.5. The molecule has 6 heteroatoms. The Labute approximate surface area is 142 Å². The Kier molecular flexibility index (Phi) is 6.63. The first-order chi connectivity index (χ1) is 10.8. The van der Waals surface area contributed by atoms with E-state index in [2.05, 4.69) is 41.3 Å². The lowest BCUT2D eigenvalue weighted by Crippen LogP contribution is -2.14. The van der Waals surface area contributed by atoms with Crippen molar-refractivity contribution in [3.05, 3.63) is 40.8 Å². The Morgan fingerprint density at radius 2 is 1.83 bits per heavy atom. The van der Waals surface area contributed by atoms with Gasteiger partial charge in [-0.2, -0.15) is 0 Å². The molecule has 0 atom stereocenters. The van der Waals surface area contributed by atoms with E-state index >= 15 is 0 Å². The van der Waals surface area contributed by atoms with Crippen LogP contribution in [0.1, 0.15) is 57.7 Å². The van der Waals surface area contributed by atoms with Crippen LogP contribution in [-0.4, -0.2) is 21.0 Å². The van der Waals surface area contributed by atoms with Crippen molar-refractivity contribution in [1.82, 2.24) is 15.2 Å². The van der Waals surface area contributed by atoms with Crippen molar-refractivity contribution in [3.8, 4) is 0 Å². The van der Waals surface area contributed by atoms with Gasteiger partial charge in [0.1, 0.15) is 5.82 Å². The van der Waals surface area contributed by atoms with Gasteiger partial charge in [-0.3, -0.25) is 4.79 Å². The van der Waals surface area contributed by atoms with Gasteiger partial charge in [0.2, 0.25) is 0 Å². The topological polar surface area (TPSA) is 67.8 Å². The van der Waals surface area contributed by atoms with E-state index < -0.39 is 0 Å². The molecule has 0 aliphatic rings. The molecule has 124 valence electrons. The van der Waals surface area contributed by atoms with Gasteiger partial charge in [-0.15, -0.1) is 10.2 Å². The molecule has 0 bridgehead atoms. The van der Waals surface area contributed by atoms with Crippen LogP contribution in [0, 0.1) is 0 Å². The minimum atomic E-state index is -0.186. The van der Waals surface area contributed by atoms with Crippen molar-refractivity contribution in [1.29, 1.82) is 0 Å². The molecule has 23 heavy (non-hydrogen) atoms. The number of ketones is 1. The Morgan fingerprint density at radius 1 is 1.17 bits per heavy atom. The zero-order valence-corrected chi connectivity index (χ0v) is 15.2. The monoisotopic (exact) mass is 334 g/mol. The maximum Gasteiger partial charge on any atom is 0.182 e. The van der Waals surface area contributed by atoms with Gasteiger partial charge in [-0.05, 0) is 12.1 Å². The van der Waals surface area contributed by atoms with Crippen LogP contribution in [-0.2, 0) is 5.41 Å². The number of hydrogen-bond acceptors (Lipinski definition) is 5. The van der Waals surface area contributed by atoms with E-state index in [0.29, 0.717) is 11.5 Å². The normalized spacial score (nSPS) is 10.6. The molecule has 0 radical (unpaired) electrons. The molecule has 0 fully saturated rings. The van der Waals surface area contributed by atoms with Crippen molar-refractivity contribution >= 4 is 28.9 Å². The van der Waals surface area contributed by atoms with Gasteiger partial charge in [0.05, 0.1) is 5.69 Å². The minimum absolute atomic E-state index is 0.0603. The zero-order chi connectivity index (χ0) is 17.6. The third kappa shape index (κ3) is 5.28. The van der Waals surface area contributed by atoms with Crippen LogP contribution < -0.4 is 5.32 Å². The second kappa shape index (κ2) is 8.02. The summed E-state index contributed by atoms with van der Waals surface area (Å²) in [7, 11) is 0. The van der Waals surface area contributed by atoms with E-state index in [4.69, 9.17) is 11.6 Å². The van der Waals surface area contributed by atoms with E-state index in [1.807, 2.05) is 32.0 Å². The van der Waals surface area contributed by atoms with Crippen LogP contribution >= 0.6 is 11.6 Å². The highest BCUT2D eigenvalue weighted by Gasteiger charge is 2.16. The average molecular weight is 335 g/mol. The lowest BCUT2D eigenvalue weighted by molar-refractivity contribution is 0.101. The molecule has 2 heterocycles. The highest BCUT2D eigenvalue weighted by Crippen LogP contribution is 2.24. The van der Waals surface area contributed by atoms with Gasteiger partial charge in [0.25, 0.3) is 0 Å². The molecule has 2 aromatic heterocycles. The molecule has 5 nitrogen and oxygen atoms in total. The number of carbonyl (C=O) groups excluding carboxylic acids is 1. The first-order valence-corrected chi connectivity index (χ1v) is 7.94. The Morgan fingerprint density at radius 3 is 2.39 bits per heavy atom. The lowest BCUT2D eigenvalue weighted by atomic mass is 9.92. The third-order valence-corrected chi connectivity index (χ3v) is 3.06. The molecule has 0 saturated carbocycles. The first kappa shape index (κ1) is 19.0. The summed E-state index contributed by atoms with van der Waals surface area (Å²) in [4.78, 5) is 16.1. The summed E-state index contributed by atoms with van der Waals surface area (Å²) in [5.74, 6) is 0.447. The molecule has 0 aliphatic carbocycles.